The monoisotopic (exact) mass is 194 g/mol. The molecule has 0 aliphatic rings. The molecule has 2 N–H and O–H groups in total. The van der Waals surface area contributed by atoms with Crippen LogP contribution < -0.4 is 10.5 Å². The molecule has 1 aromatic carbocycles. The van der Waals surface area contributed by atoms with Crippen molar-refractivity contribution in [1.82, 2.24) is 4.37 Å². The van der Waals surface area contributed by atoms with Crippen LogP contribution in [-0.2, 0) is 0 Å². The third kappa shape index (κ3) is 1.64. The molecule has 0 amide bonds. The summed E-state index contributed by atoms with van der Waals surface area (Å²) >= 11 is 1.47. The van der Waals surface area contributed by atoms with Crippen molar-refractivity contribution in [3.63, 3.8) is 0 Å². The molecule has 0 radical (unpaired) electrons. The van der Waals surface area contributed by atoms with Crippen LogP contribution >= 0.6 is 11.5 Å². The summed E-state index contributed by atoms with van der Waals surface area (Å²) in [4.78, 5) is 0. The van der Waals surface area contributed by atoms with Crippen molar-refractivity contribution in [1.29, 1.82) is 0 Å². The maximum absolute atomic E-state index is 5.47. The van der Waals surface area contributed by atoms with E-state index in [0.29, 0.717) is 13.2 Å². The van der Waals surface area contributed by atoms with Crippen molar-refractivity contribution >= 4 is 21.6 Å². The molecule has 0 saturated heterocycles. The Bertz CT molecular complexity index is 399. The number of fused-ring (bicyclic) bond motifs is 1. The summed E-state index contributed by atoms with van der Waals surface area (Å²) in [5, 5.41) is 1.07. The van der Waals surface area contributed by atoms with Gasteiger partial charge in [0.15, 0.2) is 0 Å². The Morgan fingerprint density at radius 2 is 2.38 bits per heavy atom. The molecule has 2 aromatic rings. The Balaban J connectivity index is 2.37. The highest BCUT2D eigenvalue weighted by atomic mass is 32.1. The van der Waals surface area contributed by atoms with Crippen LogP contribution in [0.25, 0.3) is 10.1 Å². The average Bonchev–Trinajstić information content (AvgIpc) is 2.62. The molecule has 1 aromatic heterocycles. The first-order valence-electron chi connectivity index (χ1n) is 4.08. The Hall–Kier alpha value is -1.13. The maximum Gasteiger partial charge on any atom is 0.129 e. The molecule has 3 nitrogen and oxygen atoms in total. The lowest BCUT2D eigenvalue weighted by Gasteiger charge is -2.04. The maximum atomic E-state index is 5.47. The molecule has 2 rings (SSSR count). The molecule has 4 heteroatoms. The normalized spacial score (nSPS) is 10.5. The van der Waals surface area contributed by atoms with Crippen LogP contribution in [0.15, 0.2) is 24.4 Å². The fraction of sp³-hybridized carbons (Fsp3) is 0.222. The molecule has 1 heterocycles. The minimum Gasteiger partial charge on any atom is -0.492 e. The van der Waals surface area contributed by atoms with Crippen LogP contribution in [0, 0.1) is 0 Å². The summed E-state index contributed by atoms with van der Waals surface area (Å²) in [5.41, 5.74) is 5.36. The summed E-state index contributed by atoms with van der Waals surface area (Å²) in [5.74, 6) is 0.872. The van der Waals surface area contributed by atoms with Crippen molar-refractivity contribution in [3.05, 3.63) is 24.4 Å². The van der Waals surface area contributed by atoms with E-state index in [0.717, 1.165) is 15.8 Å². The smallest absolute Gasteiger partial charge is 0.129 e. The van der Waals surface area contributed by atoms with E-state index in [1.807, 2.05) is 24.4 Å². The lowest BCUT2D eigenvalue weighted by Crippen LogP contribution is -2.10. The molecular formula is C9H10N2OS. The van der Waals surface area contributed by atoms with Crippen LogP contribution in [0.5, 0.6) is 5.75 Å². The summed E-state index contributed by atoms with van der Waals surface area (Å²) in [6.45, 7) is 1.09. The lowest BCUT2D eigenvalue weighted by atomic mass is 10.2. The van der Waals surface area contributed by atoms with Crippen LogP contribution in [0.1, 0.15) is 0 Å². The topological polar surface area (TPSA) is 48.1 Å². The van der Waals surface area contributed by atoms with Crippen LogP contribution in [0.2, 0.25) is 0 Å². The molecule has 68 valence electrons. The number of benzene rings is 1. The summed E-state index contributed by atoms with van der Waals surface area (Å²) < 4.78 is 10.7. The van der Waals surface area contributed by atoms with Crippen molar-refractivity contribution < 1.29 is 4.74 Å². The second kappa shape index (κ2) is 3.72. The van der Waals surface area contributed by atoms with E-state index >= 15 is 0 Å². The van der Waals surface area contributed by atoms with Gasteiger partial charge < -0.3 is 10.5 Å². The minimum absolute atomic E-state index is 0.536. The summed E-state index contributed by atoms with van der Waals surface area (Å²) in [7, 11) is 0. The van der Waals surface area contributed by atoms with Gasteiger partial charge >= 0.3 is 0 Å². The fourth-order valence-corrected chi connectivity index (χ4v) is 1.82. The van der Waals surface area contributed by atoms with Gasteiger partial charge in [0.05, 0.1) is 16.3 Å². The molecule has 0 aliphatic carbocycles. The number of hydrogen-bond donors (Lipinski definition) is 1. The SMILES string of the molecule is NCCOc1cccc2sncc12. The highest BCUT2D eigenvalue weighted by Gasteiger charge is 2.02. The first-order valence-corrected chi connectivity index (χ1v) is 4.85. The third-order valence-electron chi connectivity index (χ3n) is 1.73. The predicted molar refractivity (Wildman–Crippen MR) is 54.2 cm³/mol. The molecule has 0 unspecified atom stereocenters. The van der Waals surface area contributed by atoms with E-state index in [2.05, 4.69) is 4.37 Å². The fourth-order valence-electron chi connectivity index (χ4n) is 1.16. The Labute approximate surface area is 80.3 Å². The van der Waals surface area contributed by atoms with Crippen molar-refractivity contribution in [2.45, 2.75) is 0 Å². The summed E-state index contributed by atoms with van der Waals surface area (Å²) in [6, 6.07) is 5.93. The largest absolute Gasteiger partial charge is 0.492 e. The number of ether oxygens (including phenoxy) is 1. The molecule has 0 bridgehead atoms. The van der Waals surface area contributed by atoms with E-state index in [4.69, 9.17) is 10.5 Å². The number of rotatable bonds is 3. The van der Waals surface area contributed by atoms with Gasteiger partial charge in [-0.3, -0.25) is 0 Å². The molecule has 0 saturated carbocycles. The van der Waals surface area contributed by atoms with Gasteiger partial charge in [-0.1, -0.05) is 6.07 Å². The number of aromatic nitrogens is 1. The second-order valence-electron chi connectivity index (χ2n) is 2.63. The quantitative estimate of drug-likeness (QED) is 0.808. The minimum atomic E-state index is 0.536. The summed E-state index contributed by atoms with van der Waals surface area (Å²) in [6.07, 6.45) is 1.83. The average molecular weight is 194 g/mol. The molecule has 0 fully saturated rings. The van der Waals surface area contributed by atoms with Crippen molar-refractivity contribution in [2.24, 2.45) is 5.73 Å². The lowest BCUT2D eigenvalue weighted by molar-refractivity contribution is 0.332. The van der Waals surface area contributed by atoms with E-state index in [-0.39, 0.29) is 0 Å². The van der Waals surface area contributed by atoms with E-state index in [1.165, 1.54) is 11.5 Å². The molecular weight excluding hydrogens is 184 g/mol. The zero-order valence-electron chi connectivity index (χ0n) is 7.06. The zero-order valence-corrected chi connectivity index (χ0v) is 7.88. The first-order chi connectivity index (χ1) is 6.42. The zero-order chi connectivity index (χ0) is 9.10. The number of hydrogen-bond acceptors (Lipinski definition) is 4. The molecule has 0 aliphatic heterocycles. The highest BCUT2D eigenvalue weighted by molar-refractivity contribution is 7.13. The molecule has 0 atom stereocenters. The predicted octanol–water partition coefficient (Wildman–Crippen LogP) is 1.63. The van der Waals surface area contributed by atoms with Gasteiger partial charge in [-0.15, -0.1) is 0 Å². The van der Waals surface area contributed by atoms with Gasteiger partial charge in [-0.2, -0.15) is 4.37 Å². The number of nitrogens with zero attached hydrogens (tertiary/aromatic N) is 1. The van der Waals surface area contributed by atoms with E-state index in [1.54, 1.807) is 0 Å². The van der Waals surface area contributed by atoms with Gasteiger partial charge in [0.2, 0.25) is 0 Å². The van der Waals surface area contributed by atoms with Crippen LogP contribution in [0.3, 0.4) is 0 Å². The molecule has 13 heavy (non-hydrogen) atoms. The standard InChI is InChI=1S/C9H10N2OS/c10-4-5-12-8-2-1-3-9-7(8)6-11-13-9/h1-3,6H,4-5,10H2. The van der Waals surface area contributed by atoms with Crippen LogP contribution in [0.4, 0.5) is 0 Å². The van der Waals surface area contributed by atoms with Gasteiger partial charge in [0.25, 0.3) is 0 Å². The van der Waals surface area contributed by atoms with Gasteiger partial charge in [0.1, 0.15) is 12.4 Å². The van der Waals surface area contributed by atoms with Crippen molar-refractivity contribution in [2.75, 3.05) is 13.2 Å². The third-order valence-corrected chi connectivity index (χ3v) is 2.50. The van der Waals surface area contributed by atoms with Gasteiger partial charge in [0, 0.05) is 6.54 Å². The van der Waals surface area contributed by atoms with E-state index < -0.39 is 0 Å². The Kier molecular flexibility index (Phi) is 2.42. The Morgan fingerprint density at radius 3 is 3.23 bits per heavy atom. The highest BCUT2D eigenvalue weighted by Crippen LogP contribution is 2.27. The van der Waals surface area contributed by atoms with Crippen LogP contribution in [-0.4, -0.2) is 17.5 Å². The number of nitrogens with two attached hydrogens (primary N) is 1. The Morgan fingerprint density at radius 1 is 1.46 bits per heavy atom. The second-order valence-corrected chi connectivity index (χ2v) is 3.46. The van der Waals surface area contributed by atoms with Gasteiger partial charge in [-0.25, -0.2) is 0 Å². The van der Waals surface area contributed by atoms with Crippen molar-refractivity contribution in [3.8, 4) is 5.75 Å². The van der Waals surface area contributed by atoms with Gasteiger partial charge in [-0.05, 0) is 23.7 Å². The molecule has 0 spiro atoms. The van der Waals surface area contributed by atoms with E-state index in [9.17, 15) is 0 Å². The first kappa shape index (κ1) is 8.47.